The molecule has 1 aliphatic heterocycles. The summed E-state index contributed by atoms with van der Waals surface area (Å²) in [5, 5.41) is 8.27. The summed E-state index contributed by atoms with van der Waals surface area (Å²) in [5.74, 6) is 0. The second-order valence-corrected chi connectivity index (χ2v) is 6.54. The maximum atomic E-state index is 11.9. The molecule has 1 saturated carbocycles. The van der Waals surface area contributed by atoms with Crippen LogP contribution in [-0.4, -0.2) is 39.3 Å². The molecule has 4 rings (SSSR count). The molecule has 120 valence electrons. The summed E-state index contributed by atoms with van der Waals surface area (Å²) >= 11 is 0. The number of aromatic nitrogens is 4. The van der Waals surface area contributed by atoms with Crippen molar-refractivity contribution in [2.24, 2.45) is 11.1 Å². The van der Waals surface area contributed by atoms with E-state index >= 15 is 0 Å². The van der Waals surface area contributed by atoms with Crippen LogP contribution in [0.15, 0.2) is 21.9 Å². The smallest absolute Gasteiger partial charge is 0.325 e. The van der Waals surface area contributed by atoms with Gasteiger partial charge in [0.05, 0.1) is 16.9 Å². The fourth-order valence-corrected chi connectivity index (χ4v) is 3.36. The zero-order valence-electron chi connectivity index (χ0n) is 12.8. The van der Waals surface area contributed by atoms with Crippen LogP contribution in [0.3, 0.4) is 0 Å². The molecule has 2 aromatic rings. The van der Waals surface area contributed by atoms with Crippen LogP contribution in [0.4, 0.5) is 5.69 Å². The topological polar surface area (TPSA) is 121 Å². The van der Waals surface area contributed by atoms with Crippen molar-refractivity contribution in [3.05, 3.63) is 38.8 Å². The van der Waals surface area contributed by atoms with Gasteiger partial charge in [-0.05, 0) is 25.8 Å². The Kier molecular flexibility index (Phi) is 2.92. The number of aromatic amines is 2. The van der Waals surface area contributed by atoms with Crippen molar-refractivity contribution in [3.63, 3.8) is 0 Å². The zero-order chi connectivity index (χ0) is 16.2. The molecule has 0 amide bonds. The summed E-state index contributed by atoms with van der Waals surface area (Å²) in [6.45, 7) is 3.60. The molecular weight excluding hydrogens is 296 g/mol. The van der Waals surface area contributed by atoms with E-state index in [0.717, 1.165) is 24.5 Å². The molecule has 0 aromatic carbocycles. The average Bonchev–Trinajstić information content (AvgIpc) is 3.21. The number of aryl methyl sites for hydroxylation is 1. The molecule has 8 heteroatoms. The average molecular weight is 314 g/mol. The Morgan fingerprint density at radius 2 is 2.13 bits per heavy atom. The summed E-state index contributed by atoms with van der Waals surface area (Å²) in [7, 11) is 0. The molecule has 23 heavy (non-hydrogen) atoms. The zero-order valence-corrected chi connectivity index (χ0v) is 12.8. The van der Waals surface area contributed by atoms with Gasteiger partial charge in [-0.1, -0.05) is 0 Å². The van der Waals surface area contributed by atoms with E-state index in [1.807, 2.05) is 13.0 Å². The predicted molar refractivity (Wildman–Crippen MR) is 85.3 cm³/mol. The first-order valence-corrected chi connectivity index (χ1v) is 7.66. The van der Waals surface area contributed by atoms with Gasteiger partial charge in [0.15, 0.2) is 0 Å². The lowest BCUT2D eigenvalue weighted by molar-refractivity contribution is 0.500. The molecule has 3 heterocycles. The SMILES string of the molecule is Cc1nnc(-c2c[nH]c(=O)[nH]c2=O)cc1N1CC(N)C2(CC2)C1. The van der Waals surface area contributed by atoms with E-state index < -0.39 is 11.2 Å². The second kappa shape index (κ2) is 4.76. The number of nitrogens with one attached hydrogen (secondary N) is 2. The van der Waals surface area contributed by atoms with E-state index in [9.17, 15) is 9.59 Å². The van der Waals surface area contributed by atoms with E-state index in [0.29, 0.717) is 11.3 Å². The van der Waals surface area contributed by atoms with Crippen LogP contribution in [0.2, 0.25) is 0 Å². The Balaban J connectivity index is 1.74. The van der Waals surface area contributed by atoms with Crippen molar-refractivity contribution >= 4 is 5.69 Å². The van der Waals surface area contributed by atoms with Crippen LogP contribution in [-0.2, 0) is 0 Å². The van der Waals surface area contributed by atoms with Crippen molar-refractivity contribution in [2.75, 3.05) is 18.0 Å². The summed E-state index contributed by atoms with van der Waals surface area (Å²) < 4.78 is 0. The Bertz CT molecular complexity index is 882. The first-order valence-electron chi connectivity index (χ1n) is 7.66. The van der Waals surface area contributed by atoms with Crippen LogP contribution in [0.1, 0.15) is 18.5 Å². The maximum absolute atomic E-state index is 11.9. The highest BCUT2D eigenvalue weighted by Gasteiger charge is 2.53. The van der Waals surface area contributed by atoms with Crippen molar-refractivity contribution < 1.29 is 0 Å². The minimum absolute atomic E-state index is 0.176. The fraction of sp³-hybridized carbons (Fsp3) is 0.467. The lowest BCUT2D eigenvalue weighted by Gasteiger charge is -2.20. The number of H-pyrrole nitrogens is 2. The number of nitrogens with zero attached hydrogens (tertiary/aromatic N) is 3. The predicted octanol–water partition coefficient (Wildman–Crippen LogP) is -0.244. The highest BCUT2D eigenvalue weighted by atomic mass is 16.2. The third-order valence-corrected chi connectivity index (χ3v) is 4.99. The van der Waals surface area contributed by atoms with Crippen molar-refractivity contribution in [1.82, 2.24) is 20.2 Å². The summed E-state index contributed by atoms with van der Waals surface area (Å²) in [6.07, 6.45) is 3.71. The number of hydrogen-bond donors (Lipinski definition) is 3. The maximum Gasteiger partial charge on any atom is 0.325 e. The molecule has 0 bridgehead atoms. The molecule has 1 spiro atoms. The Morgan fingerprint density at radius 1 is 1.35 bits per heavy atom. The highest BCUT2D eigenvalue weighted by Crippen LogP contribution is 2.52. The third-order valence-electron chi connectivity index (χ3n) is 4.99. The van der Waals surface area contributed by atoms with Gasteiger partial charge in [-0.25, -0.2) is 4.79 Å². The Labute approximate surface area is 131 Å². The van der Waals surface area contributed by atoms with E-state index in [4.69, 9.17) is 5.73 Å². The quantitative estimate of drug-likeness (QED) is 0.703. The van der Waals surface area contributed by atoms with Gasteiger partial charge < -0.3 is 15.6 Å². The van der Waals surface area contributed by atoms with E-state index in [1.165, 1.54) is 19.0 Å². The normalized spacial score (nSPS) is 21.8. The monoisotopic (exact) mass is 314 g/mol. The minimum atomic E-state index is -0.541. The van der Waals surface area contributed by atoms with Gasteiger partial charge in [0.25, 0.3) is 5.56 Å². The summed E-state index contributed by atoms with van der Waals surface area (Å²) in [4.78, 5) is 30.0. The minimum Gasteiger partial charge on any atom is -0.368 e. The molecule has 2 fully saturated rings. The molecule has 8 nitrogen and oxygen atoms in total. The van der Waals surface area contributed by atoms with E-state index in [2.05, 4.69) is 25.1 Å². The van der Waals surface area contributed by atoms with Gasteiger partial charge in [-0.2, -0.15) is 5.10 Å². The van der Waals surface area contributed by atoms with Crippen LogP contribution >= 0.6 is 0 Å². The van der Waals surface area contributed by atoms with Crippen molar-refractivity contribution in [3.8, 4) is 11.3 Å². The number of anilines is 1. The molecule has 2 aliphatic rings. The molecule has 1 unspecified atom stereocenters. The second-order valence-electron chi connectivity index (χ2n) is 6.54. The van der Waals surface area contributed by atoms with E-state index in [1.54, 1.807) is 0 Å². The largest absolute Gasteiger partial charge is 0.368 e. The third kappa shape index (κ3) is 2.26. The molecule has 0 radical (unpaired) electrons. The molecule has 2 aromatic heterocycles. The number of hydrogen-bond acceptors (Lipinski definition) is 6. The molecule has 1 saturated heterocycles. The molecule has 1 atom stereocenters. The first kappa shape index (κ1) is 14.1. The molecule has 1 aliphatic carbocycles. The Hall–Kier alpha value is -2.48. The summed E-state index contributed by atoms with van der Waals surface area (Å²) in [5.41, 5.74) is 7.99. The lowest BCUT2D eigenvalue weighted by atomic mass is 10.0. The van der Waals surface area contributed by atoms with E-state index in [-0.39, 0.29) is 11.5 Å². The van der Waals surface area contributed by atoms with Crippen molar-refractivity contribution in [2.45, 2.75) is 25.8 Å². The van der Waals surface area contributed by atoms with Gasteiger partial charge in [0.2, 0.25) is 0 Å². The lowest BCUT2D eigenvalue weighted by Crippen LogP contribution is -2.30. The number of nitrogens with two attached hydrogens (primary N) is 1. The number of rotatable bonds is 2. The molecular formula is C15H18N6O2. The van der Waals surface area contributed by atoms with Crippen LogP contribution in [0.5, 0.6) is 0 Å². The fourth-order valence-electron chi connectivity index (χ4n) is 3.36. The van der Waals surface area contributed by atoms with Gasteiger partial charge in [-0.3, -0.25) is 9.78 Å². The Morgan fingerprint density at radius 3 is 2.78 bits per heavy atom. The van der Waals surface area contributed by atoms with Gasteiger partial charge in [0.1, 0.15) is 5.69 Å². The van der Waals surface area contributed by atoms with Gasteiger partial charge >= 0.3 is 5.69 Å². The standard InChI is InChI=1S/C15H18N6O2/c1-8-11(21-6-12(16)15(7-21)2-3-15)4-10(20-19-8)9-5-17-14(23)18-13(9)22/h4-5,12H,2-3,6-7,16H2,1H3,(H2,17,18,22,23). The molecule has 4 N–H and O–H groups in total. The van der Waals surface area contributed by atoms with Crippen LogP contribution in [0.25, 0.3) is 11.3 Å². The van der Waals surface area contributed by atoms with Crippen molar-refractivity contribution in [1.29, 1.82) is 0 Å². The van der Waals surface area contributed by atoms with Crippen LogP contribution in [0, 0.1) is 12.3 Å². The highest BCUT2D eigenvalue weighted by molar-refractivity contribution is 5.64. The first-order chi connectivity index (χ1) is 11.0. The van der Waals surface area contributed by atoms with Crippen LogP contribution < -0.4 is 21.9 Å². The summed E-state index contributed by atoms with van der Waals surface area (Å²) in [6, 6.07) is 2.02. The van der Waals surface area contributed by atoms with Gasteiger partial charge in [0, 0.05) is 30.7 Å². The van der Waals surface area contributed by atoms with Gasteiger partial charge in [-0.15, -0.1) is 5.10 Å².